The summed E-state index contributed by atoms with van der Waals surface area (Å²) in [5.41, 5.74) is 2.47. The first-order valence-corrected chi connectivity index (χ1v) is 7.79. The molecule has 21 heavy (non-hydrogen) atoms. The van der Waals surface area contributed by atoms with Crippen LogP contribution >= 0.6 is 0 Å². The molecule has 1 aromatic heterocycles. The van der Waals surface area contributed by atoms with Crippen molar-refractivity contribution in [3.05, 3.63) is 48.3 Å². The third-order valence-corrected chi connectivity index (χ3v) is 4.13. The highest BCUT2D eigenvalue weighted by molar-refractivity contribution is 5.33. The monoisotopic (exact) mass is 284 g/mol. The molecule has 4 nitrogen and oxygen atoms in total. The molecular formula is C17H24N4. The predicted molar refractivity (Wildman–Crippen MR) is 85.5 cm³/mol. The standard InChI is InChI=1S/C17H24N4/c1-20(14-16-4-2-9-18-12-16)13-15-5-7-17(8-6-15)21-11-3-10-19-21/h3,5-8,10-11,16,18H,2,4,9,12-14H2,1H3. The van der Waals surface area contributed by atoms with Gasteiger partial charge in [-0.3, -0.25) is 0 Å². The van der Waals surface area contributed by atoms with E-state index < -0.39 is 0 Å². The van der Waals surface area contributed by atoms with Gasteiger partial charge < -0.3 is 10.2 Å². The van der Waals surface area contributed by atoms with Gasteiger partial charge in [-0.25, -0.2) is 4.68 Å². The largest absolute Gasteiger partial charge is 0.316 e. The Bertz CT molecular complexity index is 526. The molecule has 2 aromatic rings. The van der Waals surface area contributed by atoms with E-state index in [-0.39, 0.29) is 0 Å². The van der Waals surface area contributed by atoms with Crippen molar-refractivity contribution in [3.8, 4) is 5.69 Å². The summed E-state index contributed by atoms with van der Waals surface area (Å²) in [6.45, 7) is 4.54. The van der Waals surface area contributed by atoms with Crippen LogP contribution in [0.4, 0.5) is 0 Å². The molecule has 0 amide bonds. The van der Waals surface area contributed by atoms with Crippen LogP contribution < -0.4 is 5.32 Å². The number of rotatable bonds is 5. The second-order valence-corrected chi connectivity index (χ2v) is 6.03. The highest BCUT2D eigenvalue weighted by atomic mass is 15.3. The third kappa shape index (κ3) is 3.93. The zero-order valence-corrected chi connectivity index (χ0v) is 12.7. The quantitative estimate of drug-likeness (QED) is 0.914. The molecule has 1 aromatic carbocycles. The van der Waals surface area contributed by atoms with Gasteiger partial charge in [0.2, 0.25) is 0 Å². The summed E-state index contributed by atoms with van der Waals surface area (Å²) in [6.07, 6.45) is 6.45. The summed E-state index contributed by atoms with van der Waals surface area (Å²) in [5.74, 6) is 0.798. The molecule has 1 atom stereocenters. The fraction of sp³-hybridized carbons (Fsp3) is 0.471. The second-order valence-electron chi connectivity index (χ2n) is 6.03. The van der Waals surface area contributed by atoms with E-state index in [4.69, 9.17) is 0 Å². The zero-order valence-electron chi connectivity index (χ0n) is 12.7. The van der Waals surface area contributed by atoms with Gasteiger partial charge >= 0.3 is 0 Å². The van der Waals surface area contributed by atoms with Crippen molar-refractivity contribution in [1.29, 1.82) is 0 Å². The van der Waals surface area contributed by atoms with Crippen LogP contribution in [-0.2, 0) is 6.54 Å². The number of benzene rings is 1. The van der Waals surface area contributed by atoms with Crippen LogP contribution in [0.2, 0.25) is 0 Å². The molecule has 0 aliphatic carbocycles. The Balaban J connectivity index is 1.54. The normalized spacial score (nSPS) is 19.0. The van der Waals surface area contributed by atoms with Crippen LogP contribution in [0.15, 0.2) is 42.7 Å². The van der Waals surface area contributed by atoms with Gasteiger partial charge in [-0.05, 0) is 62.7 Å². The molecule has 1 aliphatic heterocycles. The van der Waals surface area contributed by atoms with E-state index in [1.54, 1.807) is 6.20 Å². The number of hydrogen-bond donors (Lipinski definition) is 1. The SMILES string of the molecule is CN(Cc1ccc(-n2cccn2)cc1)CC1CCCNC1. The van der Waals surface area contributed by atoms with Crippen LogP contribution in [0.5, 0.6) is 0 Å². The first-order chi connectivity index (χ1) is 10.3. The summed E-state index contributed by atoms with van der Waals surface area (Å²) in [7, 11) is 2.22. The van der Waals surface area contributed by atoms with E-state index >= 15 is 0 Å². The molecule has 1 aliphatic rings. The lowest BCUT2D eigenvalue weighted by molar-refractivity contribution is 0.237. The molecule has 1 N–H and O–H groups in total. The summed E-state index contributed by atoms with van der Waals surface area (Å²) in [6, 6.07) is 10.6. The molecule has 0 radical (unpaired) electrons. The number of piperidine rings is 1. The van der Waals surface area contributed by atoms with E-state index in [1.165, 1.54) is 38.0 Å². The molecule has 2 heterocycles. The molecule has 0 saturated carbocycles. The molecule has 3 rings (SSSR count). The molecule has 4 heteroatoms. The van der Waals surface area contributed by atoms with E-state index in [0.717, 1.165) is 18.2 Å². The highest BCUT2D eigenvalue weighted by Crippen LogP contribution is 2.14. The lowest BCUT2D eigenvalue weighted by atomic mass is 9.99. The number of nitrogens with one attached hydrogen (secondary N) is 1. The maximum absolute atomic E-state index is 4.25. The van der Waals surface area contributed by atoms with Crippen molar-refractivity contribution in [2.45, 2.75) is 19.4 Å². The fourth-order valence-electron chi connectivity index (χ4n) is 3.07. The highest BCUT2D eigenvalue weighted by Gasteiger charge is 2.14. The van der Waals surface area contributed by atoms with E-state index in [9.17, 15) is 0 Å². The molecule has 1 fully saturated rings. The van der Waals surface area contributed by atoms with Gasteiger partial charge in [0, 0.05) is 25.5 Å². The summed E-state index contributed by atoms with van der Waals surface area (Å²) >= 11 is 0. The van der Waals surface area contributed by atoms with Crippen molar-refractivity contribution in [1.82, 2.24) is 20.0 Å². The Hall–Kier alpha value is -1.65. The van der Waals surface area contributed by atoms with Crippen LogP contribution in [0, 0.1) is 5.92 Å². The van der Waals surface area contributed by atoms with Crippen LogP contribution in [0.3, 0.4) is 0 Å². The first-order valence-electron chi connectivity index (χ1n) is 7.79. The molecule has 112 valence electrons. The number of aromatic nitrogens is 2. The lowest BCUT2D eigenvalue weighted by Gasteiger charge is -2.27. The van der Waals surface area contributed by atoms with Gasteiger partial charge in [-0.1, -0.05) is 12.1 Å². The van der Waals surface area contributed by atoms with Gasteiger partial charge in [0.05, 0.1) is 5.69 Å². The number of nitrogens with zero attached hydrogens (tertiary/aromatic N) is 3. The van der Waals surface area contributed by atoms with Crippen molar-refractivity contribution >= 4 is 0 Å². The summed E-state index contributed by atoms with van der Waals surface area (Å²) < 4.78 is 1.89. The van der Waals surface area contributed by atoms with Gasteiger partial charge in [0.1, 0.15) is 0 Å². The second kappa shape index (κ2) is 6.87. The van der Waals surface area contributed by atoms with Gasteiger partial charge in [0.15, 0.2) is 0 Å². The molecule has 0 bridgehead atoms. The Morgan fingerprint density at radius 3 is 2.86 bits per heavy atom. The zero-order chi connectivity index (χ0) is 14.5. The molecule has 1 unspecified atom stereocenters. The molecular weight excluding hydrogens is 260 g/mol. The molecule has 0 spiro atoms. The van der Waals surface area contributed by atoms with Crippen molar-refractivity contribution in [2.75, 3.05) is 26.7 Å². The van der Waals surface area contributed by atoms with Gasteiger partial charge in [-0.2, -0.15) is 5.10 Å². The Morgan fingerprint density at radius 1 is 1.33 bits per heavy atom. The number of hydrogen-bond acceptors (Lipinski definition) is 3. The van der Waals surface area contributed by atoms with Gasteiger partial charge in [-0.15, -0.1) is 0 Å². The minimum atomic E-state index is 0.798. The van der Waals surface area contributed by atoms with Crippen molar-refractivity contribution in [3.63, 3.8) is 0 Å². The maximum atomic E-state index is 4.25. The van der Waals surface area contributed by atoms with Gasteiger partial charge in [0.25, 0.3) is 0 Å². The minimum absolute atomic E-state index is 0.798. The predicted octanol–water partition coefficient (Wildman–Crippen LogP) is 2.30. The van der Waals surface area contributed by atoms with Crippen LogP contribution in [0.1, 0.15) is 18.4 Å². The maximum Gasteiger partial charge on any atom is 0.0645 e. The van der Waals surface area contributed by atoms with E-state index in [0.29, 0.717) is 0 Å². The first kappa shape index (κ1) is 14.3. The molecule has 1 saturated heterocycles. The Labute approximate surface area is 126 Å². The average molecular weight is 284 g/mol. The Morgan fingerprint density at radius 2 is 2.19 bits per heavy atom. The van der Waals surface area contributed by atoms with Crippen LogP contribution in [-0.4, -0.2) is 41.4 Å². The van der Waals surface area contributed by atoms with E-state index in [2.05, 4.69) is 46.6 Å². The Kier molecular flexibility index (Phi) is 4.68. The third-order valence-electron chi connectivity index (χ3n) is 4.13. The fourth-order valence-corrected chi connectivity index (χ4v) is 3.07. The topological polar surface area (TPSA) is 33.1 Å². The summed E-state index contributed by atoms with van der Waals surface area (Å²) in [4.78, 5) is 2.43. The van der Waals surface area contributed by atoms with E-state index in [1.807, 2.05) is 16.9 Å². The lowest BCUT2D eigenvalue weighted by Crippen LogP contribution is -2.36. The smallest absolute Gasteiger partial charge is 0.0645 e. The minimum Gasteiger partial charge on any atom is -0.316 e. The summed E-state index contributed by atoms with van der Waals surface area (Å²) in [5, 5.41) is 7.74. The van der Waals surface area contributed by atoms with Crippen molar-refractivity contribution in [2.24, 2.45) is 5.92 Å². The van der Waals surface area contributed by atoms with Crippen molar-refractivity contribution < 1.29 is 0 Å². The van der Waals surface area contributed by atoms with Crippen LogP contribution in [0.25, 0.3) is 5.69 Å². The average Bonchev–Trinajstić information content (AvgIpc) is 3.03.